The van der Waals surface area contributed by atoms with Crippen LogP contribution in [0.1, 0.15) is 5.56 Å². The molecule has 2 N–H and O–H groups in total. The maximum atomic E-state index is 12.3. The number of rotatable bonds is 1. The number of halogens is 1. The SMILES string of the molecule is OCc1ccnc(F)c1O. The van der Waals surface area contributed by atoms with Crippen molar-refractivity contribution in [3.63, 3.8) is 0 Å². The summed E-state index contributed by atoms with van der Waals surface area (Å²) < 4.78 is 12.3. The van der Waals surface area contributed by atoms with Crippen LogP contribution in [0.2, 0.25) is 0 Å². The number of aromatic nitrogens is 1. The Balaban J connectivity index is 3.14. The Labute approximate surface area is 56.8 Å². The van der Waals surface area contributed by atoms with Gasteiger partial charge in [0.15, 0.2) is 5.75 Å². The molecular weight excluding hydrogens is 137 g/mol. The Kier molecular flexibility index (Phi) is 1.82. The van der Waals surface area contributed by atoms with E-state index in [-0.39, 0.29) is 12.2 Å². The van der Waals surface area contributed by atoms with E-state index in [0.29, 0.717) is 0 Å². The molecule has 0 aliphatic rings. The highest BCUT2D eigenvalue weighted by molar-refractivity contribution is 5.28. The maximum Gasteiger partial charge on any atom is 0.255 e. The van der Waals surface area contributed by atoms with Gasteiger partial charge in [-0.05, 0) is 6.07 Å². The Morgan fingerprint density at radius 2 is 2.30 bits per heavy atom. The van der Waals surface area contributed by atoms with Gasteiger partial charge in [-0.15, -0.1) is 0 Å². The highest BCUT2D eigenvalue weighted by atomic mass is 19.1. The lowest BCUT2D eigenvalue weighted by atomic mass is 10.2. The molecule has 3 nitrogen and oxygen atoms in total. The lowest BCUT2D eigenvalue weighted by Crippen LogP contribution is -1.89. The third-order valence-corrected chi connectivity index (χ3v) is 1.13. The van der Waals surface area contributed by atoms with Crippen LogP contribution < -0.4 is 0 Å². The second-order valence-corrected chi connectivity index (χ2v) is 1.77. The molecule has 0 unspecified atom stereocenters. The zero-order valence-electron chi connectivity index (χ0n) is 5.08. The van der Waals surface area contributed by atoms with Crippen LogP contribution >= 0.6 is 0 Å². The number of hydrogen-bond donors (Lipinski definition) is 2. The molecule has 1 aromatic heterocycles. The molecule has 0 bridgehead atoms. The van der Waals surface area contributed by atoms with Crippen LogP contribution in [-0.4, -0.2) is 15.2 Å². The van der Waals surface area contributed by atoms with Crippen LogP contribution in [0.15, 0.2) is 12.3 Å². The van der Waals surface area contributed by atoms with Crippen molar-refractivity contribution in [2.45, 2.75) is 6.61 Å². The van der Waals surface area contributed by atoms with Crippen molar-refractivity contribution in [3.05, 3.63) is 23.8 Å². The summed E-state index contributed by atoms with van der Waals surface area (Å²) in [5.74, 6) is -1.53. The average Bonchev–Trinajstić information content (AvgIpc) is 1.95. The molecule has 0 saturated carbocycles. The van der Waals surface area contributed by atoms with Crippen molar-refractivity contribution in [1.29, 1.82) is 0 Å². The fourth-order valence-corrected chi connectivity index (χ4v) is 0.593. The van der Waals surface area contributed by atoms with Crippen molar-refractivity contribution in [2.24, 2.45) is 0 Å². The van der Waals surface area contributed by atoms with Crippen LogP contribution in [0, 0.1) is 5.95 Å². The van der Waals surface area contributed by atoms with Gasteiger partial charge in [0.1, 0.15) is 0 Å². The van der Waals surface area contributed by atoms with E-state index in [0.717, 1.165) is 0 Å². The first kappa shape index (κ1) is 6.95. The summed E-state index contributed by atoms with van der Waals surface area (Å²) in [4.78, 5) is 3.16. The maximum absolute atomic E-state index is 12.3. The first-order chi connectivity index (χ1) is 4.75. The lowest BCUT2D eigenvalue weighted by Gasteiger charge is -1.98. The number of aromatic hydroxyl groups is 1. The van der Waals surface area contributed by atoms with Gasteiger partial charge in [0.05, 0.1) is 6.61 Å². The number of aliphatic hydroxyl groups is 1. The summed E-state index contributed by atoms with van der Waals surface area (Å²) in [6.07, 6.45) is 1.18. The van der Waals surface area contributed by atoms with Gasteiger partial charge in [-0.3, -0.25) is 0 Å². The molecule has 1 rings (SSSR count). The van der Waals surface area contributed by atoms with Crippen LogP contribution in [0.5, 0.6) is 5.75 Å². The van der Waals surface area contributed by atoms with E-state index in [1.807, 2.05) is 0 Å². The van der Waals surface area contributed by atoms with E-state index in [2.05, 4.69) is 4.98 Å². The molecule has 10 heavy (non-hydrogen) atoms. The second kappa shape index (κ2) is 2.62. The summed E-state index contributed by atoms with van der Waals surface area (Å²) >= 11 is 0. The van der Waals surface area contributed by atoms with Crippen LogP contribution in [0.25, 0.3) is 0 Å². The second-order valence-electron chi connectivity index (χ2n) is 1.77. The molecule has 1 aromatic rings. The van der Waals surface area contributed by atoms with Crippen molar-refractivity contribution in [2.75, 3.05) is 0 Å². The first-order valence-corrected chi connectivity index (χ1v) is 2.69. The number of pyridine rings is 1. The van der Waals surface area contributed by atoms with E-state index < -0.39 is 11.7 Å². The van der Waals surface area contributed by atoms with Gasteiger partial charge >= 0.3 is 0 Å². The number of aliphatic hydroxyl groups excluding tert-OH is 1. The Morgan fingerprint density at radius 1 is 1.60 bits per heavy atom. The standard InChI is InChI=1S/C6H6FNO2/c7-6-5(10)4(3-9)1-2-8-6/h1-2,9-10H,3H2. The summed E-state index contributed by atoms with van der Waals surface area (Å²) in [6.45, 7) is -0.384. The fraction of sp³-hybridized carbons (Fsp3) is 0.167. The van der Waals surface area contributed by atoms with Crippen LogP contribution in [0.4, 0.5) is 4.39 Å². The monoisotopic (exact) mass is 143 g/mol. The average molecular weight is 143 g/mol. The molecule has 0 atom stereocenters. The predicted octanol–water partition coefficient (Wildman–Crippen LogP) is 0.419. The Morgan fingerprint density at radius 3 is 2.80 bits per heavy atom. The summed E-state index contributed by atoms with van der Waals surface area (Å²) in [7, 11) is 0. The highest BCUT2D eigenvalue weighted by Crippen LogP contribution is 2.17. The molecule has 4 heteroatoms. The zero-order valence-corrected chi connectivity index (χ0v) is 5.08. The molecule has 0 amide bonds. The quantitative estimate of drug-likeness (QED) is 0.560. The molecule has 0 radical (unpaired) electrons. The van der Waals surface area contributed by atoms with Gasteiger partial charge in [-0.1, -0.05) is 0 Å². The van der Waals surface area contributed by atoms with Crippen molar-refractivity contribution >= 4 is 0 Å². The molecule has 0 aliphatic carbocycles. The van der Waals surface area contributed by atoms with Crippen LogP contribution in [-0.2, 0) is 6.61 Å². The molecule has 0 fully saturated rings. The third-order valence-electron chi connectivity index (χ3n) is 1.13. The Bertz CT molecular complexity index is 239. The van der Waals surface area contributed by atoms with Crippen molar-refractivity contribution in [1.82, 2.24) is 4.98 Å². The van der Waals surface area contributed by atoms with Gasteiger partial charge in [0.25, 0.3) is 5.95 Å². The molecule has 0 saturated heterocycles. The van der Waals surface area contributed by atoms with E-state index in [1.165, 1.54) is 12.3 Å². The molecular formula is C6H6FNO2. The van der Waals surface area contributed by atoms with Crippen molar-refractivity contribution in [3.8, 4) is 5.75 Å². The first-order valence-electron chi connectivity index (χ1n) is 2.69. The highest BCUT2D eigenvalue weighted by Gasteiger charge is 2.04. The fourth-order valence-electron chi connectivity index (χ4n) is 0.593. The summed E-state index contributed by atoms with van der Waals surface area (Å²) in [6, 6.07) is 1.35. The Hall–Kier alpha value is -1.16. The van der Waals surface area contributed by atoms with Gasteiger partial charge in [0, 0.05) is 11.8 Å². The van der Waals surface area contributed by atoms with Crippen LogP contribution in [0.3, 0.4) is 0 Å². The van der Waals surface area contributed by atoms with Gasteiger partial charge < -0.3 is 10.2 Å². The lowest BCUT2D eigenvalue weighted by molar-refractivity contribution is 0.272. The van der Waals surface area contributed by atoms with Gasteiger partial charge in [-0.25, -0.2) is 4.98 Å². The van der Waals surface area contributed by atoms with Crippen molar-refractivity contribution < 1.29 is 14.6 Å². The summed E-state index contributed by atoms with van der Waals surface area (Å²) in [5.41, 5.74) is 0.146. The van der Waals surface area contributed by atoms with E-state index >= 15 is 0 Å². The van der Waals surface area contributed by atoms with E-state index in [9.17, 15) is 4.39 Å². The third kappa shape index (κ3) is 1.06. The summed E-state index contributed by atoms with van der Waals surface area (Å²) in [5, 5.41) is 17.3. The zero-order chi connectivity index (χ0) is 7.56. The minimum absolute atomic E-state index is 0.146. The molecule has 54 valence electrons. The minimum atomic E-state index is -0.952. The normalized spacial score (nSPS) is 9.80. The van der Waals surface area contributed by atoms with E-state index in [1.54, 1.807) is 0 Å². The number of nitrogens with zero attached hydrogens (tertiary/aromatic N) is 1. The van der Waals surface area contributed by atoms with Gasteiger partial charge in [-0.2, -0.15) is 4.39 Å². The van der Waals surface area contributed by atoms with Gasteiger partial charge in [0.2, 0.25) is 0 Å². The predicted molar refractivity (Wildman–Crippen MR) is 31.8 cm³/mol. The molecule has 0 aromatic carbocycles. The molecule has 0 spiro atoms. The topological polar surface area (TPSA) is 53.4 Å². The molecule has 0 aliphatic heterocycles. The smallest absolute Gasteiger partial charge is 0.255 e. The molecule has 1 heterocycles. The number of hydrogen-bond acceptors (Lipinski definition) is 3. The van der Waals surface area contributed by atoms with E-state index in [4.69, 9.17) is 10.2 Å². The largest absolute Gasteiger partial charge is 0.503 e. The minimum Gasteiger partial charge on any atom is -0.503 e.